The van der Waals surface area contributed by atoms with Crippen molar-refractivity contribution in [2.24, 2.45) is 0 Å². The molecule has 0 fully saturated rings. The van der Waals surface area contributed by atoms with Gasteiger partial charge in [-0.05, 0) is 54.6 Å². The van der Waals surface area contributed by atoms with Crippen molar-refractivity contribution in [2.75, 3.05) is 7.11 Å². The number of benzene rings is 3. The van der Waals surface area contributed by atoms with Crippen molar-refractivity contribution in [1.82, 2.24) is 10.2 Å². The average Bonchev–Trinajstić information content (AvgIpc) is 2.70. The van der Waals surface area contributed by atoms with Crippen LogP contribution in [0.4, 0.5) is 4.39 Å². The van der Waals surface area contributed by atoms with Gasteiger partial charge in [0.15, 0.2) is 0 Å². The van der Waals surface area contributed by atoms with E-state index >= 15 is 0 Å². The third-order valence-corrected chi connectivity index (χ3v) is 4.05. The number of methoxy groups -OCH3 is 1. The van der Waals surface area contributed by atoms with Crippen LogP contribution in [0.15, 0.2) is 72.8 Å². The van der Waals surface area contributed by atoms with Crippen molar-refractivity contribution >= 4 is 10.8 Å². The molecule has 1 heterocycles. The summed E-state index contributed by atoms with van der Waals surface area (Å²) in [6.07, 6.45) is 0. The molecule has 4 aromatic rings. The summed E-state index contributed by atoms with van der Waals surface area (Å²) in [7, 11) is 1.61. The summed E-state index contributed by atoms with van der Waals surface area (Å²) in [5, 5.41) is 10.3. The lowest BCUT2D eigenvalue weighted by Crippen LogP contribution is -1.96. The lowest BCUT2D eigenvalue weighted by atomic mass is 10.1. The van der Waals surface area contributed by atoms with E-state index in [9.17, 15) is 4.39 Å². The summed E-state index contributed by atoms with van der Waals surface area (Å²) < 4.78 is 24.3. The third-order valence-electron chi connectivity index (χ3n) is 4.05. The van der Waals surface area contributed by atoms with Crippen molar-refractivity contribution in [3.05, 3.63) is 78.6 Å². The Hall–Kier alpha value is -3.47. The Balaban J connectivity index is 1.77. The van der Waals surface area contributed by atoms with E-state index in [1.54, 1.807) is 19.2 Å². The second kappa shape index (κ2) is 6.80. The molecule has 0 spiro atoms. The van der Waals surface area contributed by atoms with Gasteiger partial charge in [-0.25, -0.2) is 4.39 Å². The Morgan fingerprint density at radius 1 is 0.731 bits per heavy atom. The molecule has 0 aliphatic heterocycles. The summed E-state index contributed by atoms with van der Waals surface area (Å²) in [5.74, 6) is 1.52. The van der Waals surface area contributed by atoms with E-state index in [0.29, 0.717) is 17.3 Å². The normalized spacial score (nSPS) is 10.7. The fourth-order valence-corrected chi connectivity index (χ4v) is 2.73. The molecule has 0 saturated carbocycles. The summed E-state index contributed by atoms with van der Waals surface area (Å²) in [6, 6.07) is 21.2. The second-order valence-corrected chi connectivity index (χ2v) is 5.68. The third kappa shape index (κ3) is 3.07. The highest BCUT2D eigenvalue weighted by atomic mass is 19.1. The number of hydrogen-bond acceptors (Lipinski definition) is 4. The number of ether oxygens (including phenoxy) is 2. The first-order valence-electron chi connectivity index (χ1n) is 8.08. The van der Waals surface area contributed by atoms with Crippen LogP contribution in [0.5, 0.6) is 17.4 Å². The molecule has 3 aromatic carbocycles. The van der Waals surface area contributed by atoms with Gasteiger partial charge in [0.25, 0.3) is 0 Å². The molecule has 0 saturated heterocycles. The van der Waals surface area contributed by atoms with Gasteiger partial charge >= 0.3 is 0 Å². The summed E-state index contributed by atoms with van der Waals surface area (Å²) in [6.45, 7) is 0. The van der Waals surface area contributed by atoms with Crippen LogP contribution in [-0.2, 0) is 0 Å². The highest BCUT2D eigenvalue weighted by molar-refractivity contribution is 5.97. The van der Waals surface area contributed by atoms with Crippen LogP contribution in [-0.4, -0.2) is 17.3 Å². The molecule has 5 heteroatoms. The first-order chi connectivity index (χ1) is 12.7. The number of rotatable bonds is 4. The zero-order valence-electron chi connectivity index (χ0n) is 14.0. The fraction of sp³-hybridized carbons (Fsp3) is 0.0476. The van der Waals surface area contributed by atoms with Crippen molar-refractivity contribution in [3.63, 3.8) is 0 Å². The molecule has 0 aliphatic carbocycles. The van der Waals surface area contributed by atoms with Crippen LogP contribution in [0.25, 0.3) is 22.0 Å². The maximum Gasteiger partial charge on any atom is 0.246 e. The lowest BCUT2D eigenvalue weighted by molar-refractivity contribution is 0.412. The minimum absolute atomic E-state index is 0.287. The Morgan fingerprint density at radius 3 is 2.08 bits per heavy atom. The number of nitrogens with zero attached hydrogens (tertiary/aromatic N) is 2. The standard InChI is InChI=1S/C21H15FN2O2/c1-25-16-10-12-17(13-11-16)26-21-19-5-3-2-4-18(19)20(23-24-21)14-6-8-15(22)9-7-14/h2-13H,1H3. The number of aromatic nitrogens is 2. The molecule has 1 aromatic heterocycles. The monoisotopic (exact) mass is 346 g/mol. The van der Waals surface area contributed by atoms with Crippen molar-refractivity contribution in [3.8, 4) is 28.6 Å². The van der Waals surface area contributed by atoms with E-state index in [1.165, 1.54) is 12.1 Å². The first-order valence-corrected chi connectivity index (χ1v) is 8.08. The van der Waals surface area contributed by atoms with Crippen LogP contribution in [0.3, 0.4) is 0 Å². The number of hydrogen-bond donors (Lipinski definition) is 0. The van der Waals surface area contributed by atoms with Gasteiger partial charge in [-0.1, -0.05) is 18.2 Å². The van der Waals surface area contributed by atoms with Crippen LogP contribution in [0.1, 0.15) is 0 Å². The quantitative estimate of drug-likeness (QED) is 0.507. The topological polar surface area (TPSA) is 44.2 Å². The molecular formula is C21H15FN2O2. The van der Waals surface area contributed by atoms with E-state index in [2.05, 4.69) is 10.2 Å². The predicted octanol–water partition coefficient (Wildman–Crippen LogP) is 5.24. The second-order valence-electron chi connectivity index (χ2n) is 5.68. The number of fused-ring (bicyclic) bond motifs is 1. The van der Waals surface area contributed by atoms with Crippen LogP contribution >= 0.6 is 0 Å². The zero-order chi connectivity index (χ0) is 17.9. The lowest BCUT2D eigenvalue weighted by Gasteiger charge is -2.10. The van der Waals surface area contributed by atoms with Gasteiger partial charge in [-0.15, -0.1) is 10.2 Å². The van der Waals surface area contributed by atoms with Gasteiger partial charge in [0, 0.05) is 16.3 Å². The van der Waals surface area contributed by atoms with Crippen LogP contribution in [0.2, 0.25) is 0 Å². The van der Waals surface area contributed by atoms with E-state index in [4.69, 9.17) is 9.47 Å². The van der Waals surface area contributed by atoms with Gasteiger partial charge in [0.2, 0.25) is 5.88 Å². The summed E-state index contributed by atoms with van der Waals surface area (Å²) in [4.78, 5) is 0. The molecule has 128 valence electrons. The Kier molecular flexibility index (Phi) is 4.19. The van der Waals surface area contributed by atoms with Gasteiger partial charge in [-0.2, -0.15) is 0 Å². The van der Waals surface area contributed by atoms with Crippen LogP contribution < -0.4 is 9.47 Å². The van der Waals surface area contributed by atoms with E-state index in [1.807, 2.05) is 48.5 Å². The van der Waals surface area contributed by atoms with E-state index in [-0.39, 0.29) is 5.82 Å². The first kappa shape index (κ1) is 16.0. The molecule has 0 unspecified atom stereocenters. The van der Waals surface area contributed by atoms with E-state index < -0.39 is 0 Å². The molecule has 0 N–H and O–H groups in total. The molecule has 0 atom stereocenters. The maximum atomic E-state index is 13.2. The van der Waals surface area contributed by atoms with E-state index in [0.717, 1.165) is 22.1 Å². The molecule has 26 heavy (non-hydrogen) atoms. The largest absolute Gasteiger partial charge is 0.497 e. The molecule has 0 aliphatic rings. The summed E-state index contributed by atoms with van der Waals surface area (Å²) >= 11 is 0. The van der Waals surface area contributed by atoms with Gasteiger partial charge in [0.05, 0.1) is 7.11 Å². The smallest absolute Gasteiger partial charge is 0.246 e. The fourth-order valence-electron chi connectivity index (χ4n) is 2.73. The summed E-state index contributed by atoms with van der Waals surface area (Å²) in [5.41, 5.74) is 1.48. The average molecular weight is 346 g/mol. The van der Waals surface area contributed by atoms with Crippen LogP contribution in [0, 0.1) is 5.82 Å². The maximum absolute atomic E-state index is 13.2. The minimum Gasteiger partial charge on any atom is -0.497 e. The van der Waals surface area contributed by atoms with Crippen molar-refractivity contribution in [1.29, 1.82) is 0 Å². The van der Waals surface area contributed by atoms with Gasteiger partial charge in [-0.3, -0.25) is 0 Å². The van der Waals surface area contributed by atoms with Gasteiger partial charge in [0.1, 0.15) is 23.0 Å². The predicted molar refractivity (Wildman–Crippen MR) is 98.0 cm³/mol. The molecular weight excluding hydrogens is 331 g/mol. The van der Waals surface area contributed by atoms with Crippen molar-refractivity contribution < 1.29 is 13.9 Å². The van der Waals surface area contributed by atoms with Gasteiger partial charge < -0.3 is 9.47 Å². The molecule has 4 rings (SSSR count). The molecule has 0 bridgehead atoms. The minimum atomic E-state index is -0.287. The van der Waals surface area contributed by atoms with Crippen molar-refractivity contribution in [2.45, 2.75) is 0 Å². The number of halogens is 1. The Morgan fingerprint density at radius 2 is 1.38 bits per heavy atom. The molecule has 0 amide bonds. The zero-order valence-corrected chi connectivity index (χ0v) is 14.0. The molecule has 4 nitrogen and oxygen atoms in total. The highest BCUT2D eigenvalue weighted by Gasteiger charge is 2.12. The Bertz CT molecular complexity index is 1050. The SMILES string of the molecule is COc1ccc(Oc2nnc(-c3ccc(F)cc3)c3ccccc23)cc1. The highest BCUT2D eigenvalue weighted by Crippen LogP contribution is 2.33. The Labute approximate surface area is 149 Å². The molecule has 0 radical (unpaired) electrons.